The number of nitriles is 1. The number of carbonyl (C=O) groups excluding carboxylic acids is 1. The number of rotatable bonds is 6. The predicted molar refractivity (Wildman–Crippen MR) is 112 cm³/mol. The van der Waals surface area contributed by atoms with E-state index in [-0.39, 0.29) is 5.78 Å². The van der Waals surface area contributed by atoms with E-state index in [1.165, 1.54) is 7.11 Å². The fraction of sp³-hybridized carbons (Fsp3) is 0.217. The smallest absolute Gasteiger partial charge is 0.204 e. The molecule has 29 heavy (non-hydrogen) atoms. The van der Waals surface area contributed by atoms with E-state index in [0.29, 0.717) is 27.6 Å². The molecule has 148 valence electrons. The highest BCUT2D eigenvalue weighted by Gasteiger charge is 2.24. The van der Waals surface area contributed by atoms with Crippen molar-refractivity contribution in [3.8, 4) is 23.3 Å². The minimum absolute atomic E-state index is 0.135. The molecule has 0 aliphatic heterocycles. The zero-order chi connectivity index (χ0) is 21.1. The molecule has 0 saturated heterocycles. The molecule has 0 N–H and O–H groups in total. The highest BCUT2D eigenvalue weighted by Crippen LogP contribution is 2.30. The molecule has 0 fully saturated rings. The van der Waals surface area contributed by atoms with Gasteiger partial charge in [0.2, 0.25) is 5.78 Å². The number of hydrogen-bond donors (Lipinski definition) is 0. The normalized spacial score (nSPS) is 11.6. The first-order valence-corrected chi connectivity index (χ1v) is 9.47. The van der Waals surface area contributed by atoms with Gasteiger partial charge in [-0.3, -0.25) is 4.79 Å². The van der Waals surface area contributed by atoms with Crippen molar-refractivity contribution in [2.75, 3.05) is 7.11 Å². The number of methoxy groups -OCH3 is 1. The maximum atomic E-state index is 13.1. The molecule has 0 saturated carbocycles. The van der Waals surface area contributed by atoms with Crippen molar-refractivity contribution in [2.45, 2.75) is 26.9 Å². The summed E-state index contributed by atoms with van der Waals surface area (Å²) >= 11 is 5.99. The maximum Gasteiger partial charge on any atom is 0.204 e. The molecule has 0 amide bonds. The average molecular weight is 409 g/mol. The van der Waals surface area contributed by atoms with Crippen LogP contribution in [0.4, 0.5) is 0 Å². The van der Waals surface area contributed by atoms with Crippen molar-refractivity contribution < 1.29 is 14.3 Å². The number of aryl methyl sites for hydroxylation is 1. The van der Waals surface area contributed by atoms with Crippen LogP contribution in [0.2, 0.25) is 5.02 Å². The van der Waals surface area contributed by atoms with Gasteiger partial charge in [0.25, 0.3) is 0 Å². The van der Waals surface area contributed by atoms with Gasteiger partial charge in [-0.2, -0.15) is 5.26 Å². The first-order chi connectivity index (χ1) is 13.8. The maximum absolute atomic E-state index is 13.1. The Hall–Kier alpha value is -3.23. The summed E-state index contributed by atoms with van der Waals surface area (Å²) < 4.78 is 13.2. The van der Waals surface area contributed by atoms with Gasteiger partial charge in [0.05, 0.1) is 18.7 Å². The van der Waals surface area contributed by atoms with Gasteiger partial charge in [0.1, 0.15) is 0 Å². The quantitative estimate of drug-likeness (QED) is 0.520. The molecule has 1 atom stereocenters. The predicted octanol–water partition coefficient (Wildman–Crippen LogP) is 5.28. The molecule has 2 aromatic carbocycles. The van der Waals surface area contributed by atoms with E-state index in [1.807, 2.05) is 48.7 Å². The van der Waals surface area contributed by atoms with Gasteiger partial charge in [-0.1, -0.05) is 11.6 Å². The first-order valence-electron chi connectivity index (χ1n) is 9.09. The monoisotopic (exact) mass is 408 g/mol. The summed E-state index contributed by atoms with van der Waals surface area (Å²) in [5.74, 6) is 0.693. The first kappa shape index (κ1) is 20.5. The molecule has 3 aromatic rings. The van der Waals surface area contributed by atoms with Crippen molar-refractivity contribution in [3.05, 3.63) is 76.1 Å². The summed E-state index contributed by atoms with van der Waals surface area (Å²) in [7, 11) is 1.50. The third-order valence-electron chi connectivity index (χ3n) is 4.75. The van der Waals surface area contributed by atoms with Crippen molar-refractivity contribution in [2.24, 2.45) is 0 Å². The number of aromatic nitrogens is 1. The van der Waals surface area contributed by atoms with E-state index >= 15 is 0 Å². The SMILES string of the molecule is COc1cc(C#N)ccc1O[C@@H](C)C(=O)c1cc(C)n(-c2ccc(Cl)cc2)c1C. The zero-order valence-electron chi connectivity index (χ0n) is 16.7. The Morgan fingerprint density at radius 3 is 2.41 bits per heavy atom. The minimum atomic E-state index is -0.726. The van der Waals surface area contributed by atoms with E-state index in [0.717, 1.165) is 17.1 Å². The molecule has 6 heteroatoms. The van der Waals surface area contributed by atoms with Crippen LogP contribution in [0, 0.1) is 25.2 Å². The van der Waals surface area contributed by atoms with Crippen LogP contribution < -0.4 is 9.47 Å². The summed E-state index contributed by atoms with van der Waals surface area (Å²) in [6.45, 7) is 5.56. The van der Waals surface area contributed by atoms with Crippen molar-refractivity contribution in [1.82, 2.24) is 4.57 Å². The van der Waals surface area contributed by atoms with Crippen LogP contribution in [0.1, 0.15) is 34.2 Å². The van der Waals surface area contributed by atoms with Gasteiger partial charge in [0, 0.05) is 33.7 Å². The Kier molecular flexibility index (Phi) is 5.95. The van der Waals surface area contributed by atoms with E-state index in [2.05, 4.69) is 6.07 Å². The van der Waals surface area contributed by atoms with Crippen LogP contribution in [0.3, 0.4) is 0 Å². The Balaban J connectivity index is 1.88. The number of carbonyl (C=O) groups is 1. The summed E-state index contributed by atoms with van der Waals surface area (Å²) in [5.41, 5.74) is 3.76. The Morgan fingerprint density at radius 1 is 1.10 bits per heavy atom. The van der Waals surface area contributed by atoms with E-state index in [9.17, 15) is 4.79 Å². The molecule has 0 unspecified atom stereocenters. The van der Waals surface area contributed by atoms with E-state index in [1.54, 1.807) is 25.1 Å². The molecule has 1 heterocycles. The topological polar surface area (TPSA) is 64.2 Å². The van der Waals surface area contributed by atoms with Gasteiger partial charge in [-0.15, -0.1) is 0 Å². The van der Waals surface area contributed by atoms with Crippen molar-refractivity contribution in [1.29, 1.82) is 5.26 Å². The van der Waals surface area contributed by atoms with E-state index in [4.69, 9.17) is 26.3 Å². The van der Waals surface area contributed by atoms with Crippen molar-refractivity contribution >= 4 is 17.4 Å². The lowest BCUT2D eigenvalue weighted by Crippen LogP contribution is -2.24. The lowest BCUT2D eigenvalue weighted by atomic mass is 10.1. The second-order valence-corrected chi connectivity index (χ2v) is 7.13. The van der Waals surface area contributed by atoms with Gasteiger partial charge in [-0.05, 0) is 63.2 Å². The number of halogens is 1. The summed E-state index contributed by atoms with van der Waals surface area (Å²) in [5, 5.41) is 9.68. The van der Waals surface area contributed by atoms with Crippen LogP contribution >= 0.6 is 11.6 Å². The number of ketones is 1. The lowest BCUT2D eigenvalue weighted by molar-refractivity contribution is 0.0813. The van der Waals surface area contributed by atoms with Gasteiger partial charge >= 0.3 is 0 Å². The van der Waals surface area contributed by atoms with Crippen LogP contribution in [-0.2, 0) is 0 Å². The number of nitrogens with zero attached hydrogens (tertiary/aromatic N) is 2. The molecule has 0 spiro atoms. The van der Waals surface area contributed by atoms with Crippen molar-refractivity contribution in [3.63, 3.8) is 0 Å². The lowest BCUT2D eigenvalue weighted by Gasteiger charge is -2.16. The van der Waals surface area contributed by atoms with E-state index < -0.39 is 6.10 Å². The molecule has 1 aromatic heterocycles. The standard InChI is InChI=1S/C23H21ClN2O3/c1-14-11-20(15(2)26(14)19-8-6-18(24)7-9-19)23(27)16(3)29-21-10-5-17(13-25)12-22(21)28-4/h5-12,16H,1-4H3/t16-/m0/s1. The number of benzene rings is 2. The number of Topliss-reactive ketones (excluding diaryl/α,β-unsaturated/α-hetero) is 1. The second kappa shape index (κ2) is 8.42. The second-order valence-electron chi connectivity index (χ2n) is 6.70. The third kappa shape index (κ3) is 4.13. The Bertz CT molecular complexity index is 1090. The number of hydrogen-bond acceptors (Lipinski definition) is 4. The van der Waals surface area contributed by atoms with Gasteiger partial charge in [0.15, 0.2) is 17.6 Å². The Morgan fingerprint density at radius 2 is 1.79 bits per heavy atom. The van der Waals surface area contributed by atoms with Crippen LogP contribution in [0.15, 0.2) is 48.5 Å². The average Bonchev–Trinajstić information content (AvgIpc) is 3.02. The Labute approximate surface area is 175 Å². The fourth-order valence-corrected chi connectivity index (χ4v) is 3.42. The molecular formula is C23H21ClN2O3. The third-order valence-corrected chi connectivity index (χ3v) is 5.00. The minimum Gasteiger partial charge on any atom is -0.493 e. The number of ether oxygens (including phenoxy) is 2. The van der Waals surface area contributed by atoms with Crippen LogP contribution in [0.5, 0.6) is 11.5 Å². The zero-order valence-corrected chi connectivity index (χ0v) is 17.4. The van der Waals surface area contributed by atoms with Gasteiger partial charge < -0.3 is 14.0 Å². The molecular weight excluding hydrogens is 388 g/mol. The highest BCUT2D eigenvalue weighted by molar-refractivity contribution is 6.30. The largest absolute Gasteiger partial charge is 0.493 e. The summed E-state index contributed by atoms with van der Waals surface area (Å²) in [6, 6.07) is 16.2. The molecule has 0 bridgehead atoms. The highest BCUT2D eigenvalue weighted by atomic mass is 35.5. The summed E-state index contributed by atoms with van der Waals surface area (Å²) in [4.78, 5) is 13.1. The fourth-order valence-electron chi connectivity index (χ4n) is 3.30. The molecule has 0 radical (unpaired) electrons. The van der Waals surface area contributed by atoms with Crippen LogP contribution in [-0.4, -0.2) is 23.6 Å². The summed E-state index contributed by atoms with van der Waals surface area (Å²) in [6.07, 6.45) is -0.726. The molecule has 3 rings (SSSR count). The van der Waals surface area contributed by atoms with Crippen LogP contribution in [0.25, 0.3) is 5.69 Å². The molecule has 0 aliphatic rings. The molecule has 5 nitrogen and oxygen atoms in total. The van der Waals surface area contributed by atoms with Gasteiger partial charge in [-0.25, -0.2) is 0 Å². The molecule has 0 aliphatic carbocycles.